The Morgan fingerprint density at radius 3 is 2.35 bits per heavy atom. The van der Waals surface area contributed by atoms with E-state index in [9.17, 15) is 18.8 Å². The molecule has 0 bridgehead atoms. The Morgan fingerprint density at radius 1 is 0.875 bits per heavy atom. The minimum atomic E-state index is -0.568. The molecule has 3 aliphatic rings. The fourth-order valence-electron chi connectivity index (χ4n) is 5.90. The molecule has 0 radical (unpaired) electrons. The molecule has 2 aromatic carbocycles. The SMILES string of the molecule is O=C1CCC(N2Cc3c(SCCCCCCCCN4CCN(c5ccc(F)cc5)CC4)cccc3C2=O)C(=O)N1. The molecule has 2 saturated heterocycles. The second kappa shape index (κ2) is 13.6. The van der Waals surface area contributed by atoms with Crippen LogP contribution in [0.15, 0.2) is 47.4 Å². The van der Waals surface area contributed by atoms with Gasteiger partial charge in [-0.25, -0.2) is 4.39 Å². The molecule has 40 heavy (non-hydrogen) atoms. The number of piperazine rings is 1. The molecule has 3 aliphatic heterocycles. The second-order valence-electron chi connectivity index (χ2n) is 11.0. The van der Waals surface area contributed by atoms with E-state index in [2.05, 4.69) is 21.2 Å². The van der Waals surface area contributed by atoms with Crippen molar-refractivity contribution >= 4 is 35.2 Å². The van der Waals surface area contributed by atoms with Crippen molar-refractivity contribution in [3.63, 3.8) is 0 Å². The van der Waals surface area contributed by atoms with Crippen molar-refractivity contribution in [3.8, 4) is 0 Å². The van der Waals surface area contributed by atoms with Crippen molar-refractivity contribution in [1.29, 1.82) is 0 Å². The van der Waals surface area contributed by atoms with Gasteiger partial charge >= 0.3 is 0 Å². The average Bonchev–Trinajstić information content (AvgIpc) is 3.29. The molecule has 214 valence electrons. The molecule has 1 N–H and O–H groups in total. The smallest absolute Gasteiger partial charge is 0.255 e. The minimum absolute atomic E-state index is 0.110. The van der Waals surface area contributed by atoms with Crippen LogP contribution in [-0.4, -0.2) is 72.0 Å². The number of thioether (sulfide) groups is 1. The van der Waals surface area contributed by atoms with E-state index >= 15 is 0 Å². The van der Waals surface area contributed by atoms with Crippen molar-refractivity contribution in [2.75, 3.05) is 43.4 Å². The summed E-state index contributed by atoms with van der Waals surface area (Å²) in [5.74, 6) is 0.0947. The zero-order valence-corrected chi connectivity index (χ0v) is 23.9. The number of hydrogen-bond acceptors (Lipinski definition) is 6. The molecule has 3 heterocycles. The van der Waals surface area contributed by atoms with Gasteiger partial charge in [0.05, 0.1) is 0 Å². The quantitative estimate of drug-likeness (QED) is 0.225. The van der Waals surface area contributed by atoms with Crippen LogP contribution in [0.5, 0.6) is 0 Å². The van der Waals surface area contributed by atoms with Crippen LogP contribution >= 0.6 is 11.8 Å². The topological polar surface area (TPSA) is 73.0 Å². The van der Waals surface area contributed by atoms with E-state index in [4.69, 9.17) is 0 Å². The molecule has 0 saturated carbocycles. The highest BCUT2D eigenvalue weighted by molar-refractivity contribution is 7.99. The minimum Gasteiger partial charge on any atom is -0.369 e. The van der Waals surface area contributed by atoms with Crippen molar-refractivity contribution in [1.82, 2.24) is 15.1 Å². The number of carbonyl (C=O) groups is 3. The lowest BCUT2D eigenvalue weighted by molar-refractivity contribution is -0.136. The van der Waals surface area contributed by atoms with E-state index in [1.165, 1.54) is 44.2 Å². The van der Waals surface area contributed by atoms with Crippen LogP contribution in [0.2, 0.25) is 0 Å². The van der Waals surface area contributed by atoms with Gasteiger partial charge in [-0.2, -0.15) is 0 Å². The maximum absolute atomic E-state index is 13.2. The van der Waals surface area contributed by atoms with Crippen LogP contribution in [-0.2, 0) is 16.1 Å². The zero-order chi connectivity index (χ0) is 27.9. The summed E-state index contributed by atoms with van der Waals surface area (Å²) in [5, 5.41) is 2.37. The van der Waals surface area contributed by atoms with E-state index in [1.54, 1.807) is 16.7 Å². The first-order valence-electron chi connectivity index (χ1n) is 14.6. The van der Waals surface area contributed by atoms with E-state index in [1.807, 2.05) is 24.3 Å². The molecule has 2 fully saturated rings. The molecule has 0 spiro atoms. The molecule has 1 unspecified atom stereocenters. The Kier molecular flexibility index (Phi) is 9.75. The Balaban J connectivity index is 0.943. The summed E-state index contributed by atoms with van der Waals surface area (Å²) in [6.45, 7) is 5.71. The first-order valence-corrected chi connectivity index (χ1v) is 15.6. The third kappa shape index (κ3) is 7.04. The first-order chi connectivity index (χ1) is 19.5. The van der Waals surface area contributed by atoms with Gasteiger partial charge in [-0.1, -0.05) is 31.7 Å². The number of rotatable bonds is 12. The first kappa shape index (κ1) is 28.6. The van der Waals surface area contributed by atoms with Crippen LogP contribution in [0.4, 0.5) is 10.1 Å². The van der Waals surface area contributed by atoms with Crippen LogP contribution in [0, 0.1) is 5.82 Å². The number of benzene rings is 2. The van der Waals surface area contributed by atoms with Crippen molar-refractivity contribution < 1.29 is 18.8 Å². The number of carbonyl (C=O) groups excluding carboxylic acids is 3. The van der Waals surface area contributed by atoms with Crippen molar-refractivity contribution in [2.45, 2.75) is 68.8 Å². The van der Waals surface area contributed by atoms with Gasteiger partial charge < -0.3 is 9.80 Å². The second-order valence-corrected chi connectivity index (χ2v) is 12.1. The summed E-state index contributed by atoms with van der Waals surface area (Å²) < 4.78 is 13.2. The Bertz CT molecular complexity index is 1200. The van der Waals surface area contributed by atoms with Gasteiger partial charge in [0.2, 0.25) is 11.8 Å². The van der Waals surface area contributed by atoms with Crippen LogP contribution in [0.25, 0.3) is 0 Å². The number of nitrogens with zero attached hydrogens (tertiary/aromatic N) is 3. The Morgan fingerprint density at radius 2 is 1.60 bits per heavy atom. The lowest BCUT2D eigenvalue weighted by Crippen LogP contribution is -2.52. The van der Waals surface area contributed by atoms with Gasteiger partial charge in [-0.15, -0.1) is 11.8 Å². The molecule has 2 aromatic rings. The van der Waals surface area contributed by atoms with Gasteiger partial charge in [0, 0.05) is 55.3 Å². The van der Waals surface area contributed by atoms with Crippen LogP contribution in [0.1, 0.15) is 67.3 Å². The number of unbranched alkanes of at least 4 members (excludes halogenated alkanes) is 5. The summed E-state index contributed by atoms with van der Waals surface area (Å²) in [6.07, 6.45) is 8.01. The molecule has 3 amide bonds. The monoisotopic (exact) mass is 566 g/mol. The molecular formula is C31H39FN4O3S. The van der Waals surface area contributed by atoms with Gasteiger partial charge in [0.25, 0.3) is 5.91 Å². The standard InChI is InChI=1S/C31H39FN4O3S/c32-23-10-12-24(13-11-23)35-19-17-34(18-20-35)16-5-3-1-2-4-6-21-40-28-9-7-8-25-26(28)22-36(31(25)39)27-14-15-29(37)33-30(27)38/h7-13,27H,1-6,14-22H2,(H,33,37,38). The molecule has 1 atom stereocenters. The fraction of sp³-hybridized carbons (Fsp3) is 0.516. The zero-order valence-electron chi connectivity index (χ0n) is 23.1. The van der Waals surface area contributed by atoms with E-state index < -0.39 is 6.04 Å². The fourth-order valence-corrected chi connectivity index (χ4v) is 6.99. The molecule has 9 heteroatoms. The van der Waals surface area contributed by atoms with Gasteiger partial charge in [-0.3, -0.25) is 24.6 Å². The lowest BCUT2D eigenvalue weighted by Gasteiger charge is -2.36. The maximum atomic E-state index is 13.2. The molecule has 5 rings (SSSR count). The van der Waals surface area contributed by atoms with E-state index in [-0.39, 0.29) is 30.0 Å². The maximum Gasteiger partial charge on any atom is 0.255 e. The third-order valence-electron chi connectivity index (χ3n) is 8.23. The number of piperidine rings is 1. The highest BCUT2D eigenvalue weighted by atomic mass is 32.2. The summed E-state index contributed by atoms with van der Waals surface area (Å²) in [6, 6.07) is 12.1. The number of amides is 3. The van der Waals surface area contributed by atoms with Gasteiger partial charge in [0.1, 0.15) is 11.9 Å². The highest BCUT2D eigenvalue weighted by Gasteiger charge is 2.39. The average molecular weight is 567 g/mol. The molecule has 7 nitrogen and oxygen atoms in total. The van der Waals surface area contributed by atoms with Crippen LogP contribution < -0.4 is 10.2 Å². The summed E-state index contributed by atoms with van der Waals surface area (Å²) in [7, 11) is 0. The summed E-state index contributed by atoms with van der Waals surface area (Å²) in [4.78, 5) is 44.5. The predicted octanol–water partition coefficient (Wildman–Crippen LogP) is 4.84. The Hall–Kier alpha value is -2.91. The number of fused-ring (bicyclic) bond motifs is 1. The third-order valence-corrected chi connectivity index (χ3v) is 9.42. The normalized spacial score (nSPS) is 19.7. The lowest BCUT2D eigenvalue weighted by atomic mass is 10.0. The molecule has 0 aromatic heterocycles. The highest BCUT2D eigenvalue weighted by Crippen LogP contribution is 2.34. The number of imide groups is 1. The largest absolute Gasteiger partial charge is 0.369 e. The van der Waals surface area contributed by atoms with Crippen molar-refractivity contribution in [2.24, 2.45) is 0 Å². The predicted molar refractivity (Wildman–Crippen MR) is 156 cm³/mol. The van der Waals surface area contributed by atoms with Gasteiger partial charge in [-0.05, 0) is 73.5 Å². The summed E-state index contributed by atoms with van der Waals surface area (Å²) in [5.41, 5.74) is 2.81. The van der Waals surface area contributed by atoms with Gasteiger partial charge in [0.15, 0.2) is 0 Å². The number of halogens is 1. The van der Waals surface area contributed by atoms with Crippen LogP contribution in [0.3, 0.4) is 0 Å². The van der Waals surface area contributed by atoms with Crippen molar-refractivity contribution in [3.05, 3.63) is 59.4 Å². The number of anilines is 1. The van der Waals surface area contributed by atoms with E-state index in [0.717, 1.165) is 61.0 Å². The summed E-state index contributed by atoms with van der Waals surface area (Å²) >= 11 is 1.80. The molecule has 0 aliphatic carbocycles. The van der Waals surface area contributed by atoms with E-state index in [0.29, 0.717) is 18.5 Å². The Labute approximate surface area is 240 Å². The molecular weight excluding hydrogens is 527 g/mol. The number of nitrogens with one attached hydrogen (secondary N) is 1. The number of hydrogen-bond donors (Lipinski definition) is 1.